The Morgan fingerprint density at radius 2 is 2.07 bits per heavy atom. The number of hydrogen-bond donors (Lipinski definition) is 1. The highest BCUT2D eigenvalue weighted by atomic mass is 35.5. The van der Waals surface area contributed by atoms with Gasteiger partial charge in [0.05, 0.1) is 31.0 Å². The number of nitrogens with zero attached hydrogens (tertiary/aromatic N) is 3. The van der Waals surface area contributed by atoms with Gasteiger partial charge in [-0.15, -0.1) is 24.8 Å². The van der Waals surface area contributed by atoms with E-state index < -0.39 is 0 Å². The Morgan fingerprint density at radius 1 is 1.30 bits per heavy atom. The first-order chi connectivity index (χ1) is 12.1. The Kier molecular flexibility index (Phi) is 7.98. The Labute approximate surface area is 174 Å². The second-order valence-electron chi connectivity index (χ2n) is 7.99. The molecule has 4 atom stereocenters. The maximum atomic E-state index is 13.0. The van der Waals surface area contributed by atoms with Gasteiger partial charge in [0.1, 0.15) is 0 Å². The third kappa shape index (κ3) is 4.97. The van der Waals surface area contributed by atoms with Gasteiger partial charge >= 0.3 is 0 Å². The first-order valence-electron chi connectivity index (χ1n) is 9.77. The number of morpholine rings is 1. The summed E-state index contributed by atoms with van der Waals surface area (Å²) in [7, 11) is 0. The van der Waals surface area contributed by atoms with Gasteiger partial charge in [0.25, 0.3) is 0 Å². The highest BCUT2D eigenvalue weighted by Crippen LogP contribution is 2.33. The predicted octanol–water partition coefficient (Wildman–Crippen LogP) is 2.49. The Morgan fingerprint density at radius 3 is 2.78 bits per heavy atom. The third-order valence-corrected chi connectivity index (χ3v) is 6.09. The van der Waals surface area contributed by atoms with Gasteiger partial charge in [-0.25, -0.2) is 0 Å². The zero-order valence-electron chi connectivity index (χ0n) is 16.2. The second-order valence-corrected chi connectivity index (χ2v) is 7.99. The number of aromatic nitrogens is 2. The minimum Gasteiger partial charge on any atom is -0.373 e. The standard InChI is InChI=1S/C19H30N4O2.2ClH/c1-13-9-14(2)23(21-13)12-16-11-22(7-8-25-16)19(24)18-10-15-5-3-4-6-17(15)20-18;;/h9,15-18,20H,3-8,10-12H2,1-2H3;2*1H. The van der Waals surface area contributed by atoms with Crippen molar-refractivity contribution in [1.82, 2.24) is 20.0 Å². The van der Waals surface area contributed by atoms with Crippen molar-refractivity contribution in [1.29, 1.82) is 0 Å². The van der Waals surface area contributed by atoms with Crippen LogP contribution in [0.1, 0.15) is 43.5 Å². The van der Waals surface area contributed by atoms with E-state index >= 15 is 0 Å². The minimum atomic E-state index is 0. The fraction of sp³-hybridized carbons (Fsp3) is 0.789. The summed E-state index contributed by atoms with van der Waals surface area (Å²) in [4.78, 5) is 15.0. The van der Waals surface area contributed by atoms with E-state index in [1.54, 1.807) is 0 Å². The molecule has 1 aromatic heterocycles. The lowest BCUT2D eigenvalue weighted by Gasteiger charge is -2.34. The molecule has 1 N–H and O–H groups in total. The summed E-state index contributed by atoms with van der Waals surface area (Å²) in [6.45, 7) is 6.79. The van der Waals surface area contributed by atoms with Gasteiger partial charge in [0, 0.05) is 24.8 Å². The summed E-state index contributed by atoms with van der Waals surface area (Å²) >= 11 is 0. The van der Waals surface area contributed by atoms with Crippen LogP contribution < -0.4 is 5.32 Å². The monoisotopic (exact) mass is 418 g/mol. The van der Waals surface area contributed by atoms with Gasteiger partial charge in [-0.1, -0.05) is 12.8 Å². The van der Waals surface area contributed by atoms with Gasteiger partial charge in [-0.05, 0) is 45.1 Å². The van der Waals surface area contributed by atoms with Gasteiger partial charge in [0.15, 0.2) is 0 Å². The molecule has 1 saturated carbocycles. The average molecular weight is 419 g/mol. The molecule has 1 aromatic rings. The lowest BCUT2D eigenvalue weighted by atomic mass is 9.85. The molecular formula is C19H32Cl2N4O2. The third-order valence-electron chi connectivity index (χ3n) is 6.09. The number of ether oxygens (including phenoxy) is 1. The highest BCUT2D eigenvalue weighted by Gasteiger charge is 2.40. The quantitative estimate of drug-likeness (QED) is 0.818. The van der Waals surface area contributed by atoms with Crippen molar-refractivity contribution in [3.63, 3.8) is 0 Å². The summed E-state index contributed by atoms with van der Waals surface area (Å²) in [6, 6.07) is 2.66. The zero-order chi connectivity index (χ0) is 17.4. The lowest BCUT2D eigenvalue weighted by Crippen LogP contribution is -2.52. The molecule has 0 radical (unpaired) electrons. The maximum Gasteiger partial charge on any atom is 0.239 e. The Hall–Kier alpha value is -0.820. The number of amides is 1. The van der Waals surface area contributed by atoms with Crippen LogP contribution in [0.2, 0.25) is 0 Å². The van der Waals surface area contributed by atoms with Crippen LogP contribution in [0.25, 0.3) is 0 Å². The normalized spacial score (nSPS) is 30.2. The fourth-order valence-corrected chi connectivity index (χ4v) is 4.81. The molecule has 154 valence electrons. The van der Waals surface area contributed by atoms with E-state index in [2.05, 4.69) is 23.4 Å². The molecule has 1 aliphatic carbocycles. The molecule has 4 unspecified atom stereocenters. The number of aryl methyl sites for hydroxylation is 2. The summed E-state index contributed by atoms with van der Waals surface area (Å²) in [6.07, 6.45) is 6.19. The van der Waals surface area contributed by atoms with E-state index in [1.165, 1.54) is 25.7 Å². The molecule has 3 aliphatic rings. The SMILES string of the molecule is Cc1cc(C)n(CC2CN(C(=O)C3CC4CCCCC4N3)CCO2)n1.Cl.Cl. The molecule has 27 heavy (non-hydrogen) atoms. The molecule has 1 amide bonds. The molecule has 6 nitrogen and oxygen atoms in total. The van der Waals surface area contributed by atoms with E-state index in [1.807, 2.05) is 16.5 Å². The average Bonchev–Trinajstić information content (AvgIpc) is 3.17. The largest absolute Gasteiger partial charge is 0.373 e. The molecule has 0 aromatic carbocycles. The van der Waals surface area contributed by atoms with Crippen molar-refractivity contribution < 1.29 is 9.53 Å². The van der Waals surface area contributed by atoms with Crippen LogP contribution in [0.4, 0.5) is 0 Å². The highest BCUT2D eigenvalue weighted by molar-refractivity contribution is 5.85. The predicted molar refractivity (Wildman–Crippen MR) is 110 cm³/mol. The smallest absolute Gasteiger partial charge is 0.239 e. The molecule has 2 saturated heterocycles. The van der Waals surface area contributed by atoms with Crippen LogP contribution in [-0.4, -0.2) is 58.5 Å². The summed E-state index contributed by atoms with van der Waals surface area (Å²) in [5.41, 5.74) is 2.17. The van der Waals surface area contributed by atoms with Crippen LogP contribution in [0.15, 0.2) is 6.07 Å². The molecule has 8 heteroatoms. The molecular weight excluding hydrogens is 387 g/mol. The van der Waals surface area contributed by atoms with Gasteiger partial charge in [-0.3, -0.25) is 9.48 Å². The van der Waals surface area contributed by atoms with E-state index in [9.17, 15) is 4.79 Å². The summed E-state index contributed by atoms with van der Waals surface area (Å²) < 4.78 is 7.91. The van der Waals surface area contributed by atoms with Crippen molar-refractivity contribution in [3.8, 4) is 0 Å². The van der Waals surface area contributed by atoms with Crippen molar-refractivity contribution in [2.24, 2.45) is 5.92 Å². The van der Waals surface area contributed by atoms with Gasteiger partial charge < -0.3 is 15.0 Å². The molecule has 2 aliphatic heterocycles. The lowest BCUT2D eigenvalue weighted by molar-refractivity contribution is -0.141. The molecule has 4 rings (SSSR count). The molecule has 3 heterocycles. The number of fused-ring (bicyclic) bond motifs is 1. The van der Waals surface area contributed by atoms with E-state index in [-0.39, 0.29) is 42.9 Å². The number of carbonyl (C=O) groups excluding carboxylic acids is 1. The van der Waals surface area contributed by atoms with Crippen LogP contribution in [-0.2, 0) is 16.1 Å². The van der Waals surface area contributed by atoms with E-state index in [4.69, 9.17) is 4.74 Å². The van der Waals surface area contributed by atoms with E-state index in [0.29, 0.717) is 38.2 Å². The Bertz CT molecular complexity index is 625. The maximum absolute atomic E-state index is 13.0. The number of carbonyl (C=O) groups is 1. The van der Waals surface area contributed by atoms with Crippen molar-refractivity contribution in [2.75, 3.05) is 19.7 Å². The van der Waals surface area contributed by atoms with Crippen LogP contribution >= 0.6 is 24.8 Å². The van der Waals surface area contributed by atoms with Crippen molar-refractivity contribution in [3.05, 3.63) is 17.5 Å². The summed E-state index contributed by atoms with van der Waals surface area (Å²) in [5, 5.41) is 8.14. The first-order valence-corrected chi connectivity index (χ1v) is 9.77. The summed E-state index contributed by atoms with van der Waals surface area (Å²) in [5.74, 6) is 0.977. The Balaban J connectivity index is 0.00000131. The zero-order valence-corrected chi connectivity index (χ0v) is 17.9. The van der Waals surface area contributed by atoms with Crippen LogP contribution in [0.3, 0.4) is 0 Å². The van der Waals surface area contributed by atoms with Gasteiger partial charge in [-0.2, -0.15) is 5.10 Å². The number of rotatable bonds is 3. The minimum absolute atomic E-state index is 0. The fourth-order valence-electron chi connectivity index (χ4n) is 4.81. The number of halogens is 2. The second kappa shape index (κ2) is 9.59. The topological polar surface area (TPSA) is 59.4 Å². The van der Waals surface area contributed by atoms with E-state index in [0.717, 1.165) is 17.8 Å². The van der Waals surface area contributed by atoms with Crippen LogP contribution in [0.5, 0.6) is 0 Å². The number of nitrogens with one attached hydrogen (secondary N) is 1. The molecule has 3 fully saturated rings. The molecule has 0 spiro atoms. The van der Waals surface area contributed by atoms with Crippen molar-refractivity contribution >= 4 is 30.7 Å². The van der Waals surface area contributed by atoms with Crippen molar-refractivity contribution in [2.45, 2.75) is 70.7 Å². The number of hydrogen-bond acceptors (Lipinski definition) is 4. The molecule has 0 bridgehead atoms. The first kappa shape index (κ1) is 22.5. The van der Waals surface area contributed by atoms with Gasteiger partial charge in [0.2, 0.25) is 5.91 Å². The van der Waals surface area contributed by atoms with Crippen LogP contribution in [0, 0.1) is 19.8 Å².